The number of hydrogen-bond acceptors (Lipinski definition) is 4. The molecule has 0 bridgehead atoms. The monoisotopic (exact) mass is 300 g/mol. The minimum atomic E-state index is -0.441. The predicted molar refractivity (Wildman–Crippen MR) is 83.2 cm³/mol. The van der Waals surface area contributed by atoms with Gasteiger partial charge in [-0.2, -0.15) is 0 Å². The molecule has 0 unspecified atom stereocenters. The topological polar surface area (TPSA) is 58.9 Å². The molecule has 0 aromatic heterocycles. The first-order valence-corrected chi connectivity index (χ1v) is 7.50. The quantitative estimate of drug-likeness (QED) is 0.890. The van der Waals surface area contributed by atoms with Crippen molar-refractivity contribution in [2.24, 2.45) is 0 Å². The van der Waals surface area contributed by atoms with Gasteiger partial charge in [0.1, 0.15) is 0 Å². The third kappa shape index (κ3) is 2.91. The average Bonchev–Trinajstić information content (AvgIpc) is 3.09. The second-order valence-electron chi connectivity index (χ2n) is 5.24. The molecule has 0 amide bonds. The maximum Gasteiger partial charge on any atom is 0.184 e. The van der Waals surface area contributed by atoms with Crippen LogP contribution >= 0.6 is 0 Å². The second kappa shape index (κ2) is 7.03. The Morgan fingerprint density at radius 2 is 1.59 bits per heavy atom. The summed E-state index contributed by atoms with van der Waals surface area (Å²) in [5.74, 6) is 0. The smallest absolute Gasteiger partial charge is 0.184 e. The van der Waals surface area contributed by atoms with Crippen molar-refractivity contribution < 1.29 is 19.7 Å². The molecule has 1 fully saturated rings. The standard InChI is InChI=1S/C18H20O4/c19-9-8-14-6-7-15(12-20)16(13-4-2-1-3-5-13)17(14)18-21-10-11-22-18/h1-7,18-20H,8-12H2. The highest BCUT2D eigenvalue weighted by molar-refractivity contribution is 5.73. The van der Waals surface area contributed by atoms with Crippen LogP contribution in [0.25, 0.3) is 11.1 Å². The van der Waals surface area contributed by atoms with E-state index in [2.05, 4.69) is 0 Å². The summed E-state index contributed by atoms with van der Waals surface area (Å²) in [7, 11) is 0. The van der Waals surface area contributed by atoms with Gasteiger partial charge < -0.3 is 19.7 Å². The minimum absolute atomic E-state index is 0.0522. The van der Waals surface area contributed by atoms with E-state index < -0.39 is 6.29 Å². The molecule has 2 N–H and O–H groups in total. The lowest BCUT2D eigenvalue weighted by atomic mass is 9.89. The lowest BCUT2D eigenvalue weighted by molar-refractivity contribution is -0.0444. The Labute approximate surface area is 129 Å². The highest BCUT2D eigenvalue weighted by atomic mass is 16.7. The molecule has 0 saturated carbocycles. The molecule has 2 aromatic carbocycles. The molecule has 2 aromatic rings. The first-order chi connectivity index (χ1) is 10.8. The molecule has 1 aliphatic rings. The van der Waals surface area contributed by atoms with E-state index in [0.29, 0.717) is 19.6 Å². The van der Waals surface area contributed by atoms with Gasteiger partial charge in [-0.1, -0.05) is 42.5 Å². The van der Waals surface area contributed by atoms with Crippen molar-refractivity contribution in [1.82, 2.24) is 0 Å². The van der Waals surface area contributed by atoms with Crippen molar-refractivity contribution in [2.75, 3.05) is 19.8 Å². The van der Waals surface area contributed by atoms with Gasteiger partial charge >= 0.3 is 0 Å². The first-order valence-electron chi connectivity index (χ1n) is 7.50. The van der Waals surface area contributed by atoms with Gasteiger partial charge in [0.15, 0.2) is 6.29 Å². The fourth-order valence-electron chi connectivity index (χ4n) is 2.92. The zero-order chi connectivity index (χ0) is 15.4. The van der Waals surface area contributed by atoms with E-state index in [0.717, 1.165) is 27.8 Å². The lowest BCUT2D eigenvalue weighted by Gasteiger charge is -2.21. The van der Waals surface area contributed by atoms with E-state index in [1.807, 2.05) is 42.5 Å². The Bertz CT molecular complexity index is 618. The van der Waals surface area contributed by atoms with Crippen LogP contribution in [0.1, 0.15) is 23.0 Å². The summed E-state index contributed by atoms with van der Waals surface area (Å²) in [5.41, 5.74) is 4.71. The SMILES string of the molecule is OCCc1ccc(CO)c(-c2ccccc2)c1C1OCCO1. The van der Waals surface area contributed by atoms with Crippen molar-refractivity contribution in [3.8, 4) is 11.1 Å². The van der Waals surface area contributed by atoms with Crippen LogP contribution in [0.5, 0.6) is 0 Å². The lowest BCUT2D eigenvalue weighted by Crippen LogP contribution is -2.09. The molecular weight excluding hydrogens is 280 g/mol. The van der Waals surface area contributed by atoms with Crippen molar-refractivity contribution in [3.63, 3.8) is 0 Å². The molecule has 116 valence electrons. The van der Waals surface area contributed by atoms with Crippen molar-refractivity contribution in [2.45, 2.75) is 19.3 Å². The van der Waals surface area contributed by atoms with Gasteiger partial charge in [-0.05, 0) is 28.7 Å². The molecular formula is C18H20O4. The molecule has 1 saturated heterocycles. The molecule has 0 radical (unpaired) electrons. The predicted octanol–water partition coefficient (Wildman–Crippen LogP) is 2.43. The fourth-order valence-corrected chi connectivity index (χ4v) is 2.92. The number of ether oxygens (including phenoxy) is 2. The summed E-state index contributed by atoms with van der Waals surface area (Å²) in [6.07, 6.45) is 0.0904. The fraction of sp³-hybridized carbons (Fsp3) is 0.333. The van der Waals surface area contributed by atoms with Crippen molar-refractivity contribution in [3.05, 3.63) is 59.2 Å². The third-order valence-electron chi connectivity index (χ3n) is 3.89. The van der Waals surface area contributed by atoms with Crippen LogP contribution in [-0.4, -0.2) is 30.0 Å². The second-order valence-corrected chi connectivity index (χ2v) is 5.24. The molecule has 3 rings (SSSR count). The Morgan fingerprint density at radius 3 is 2.23 bits per heavy atom. The van der Waals surface area contributed by atoms with E-state index in [1.54, 1.807) is 0 Å². The summed E-state index contributed by atoms with van der Waals surface area (Å²) in [6, 6.07) is 13.8. The largest absolute Gasteiger partial charge is 0.396 e. The zero-order valence-electron chi connectivity index (χ0n) is 12.4. The van der Waals surface area contributed by atoms with Crippen LogP contribution in [0.15, 0.2) is 42.5 Å². The summed E-state index contributed by atoms with van der Waals surface area (Å²) in [6.45, 7) is 1.12. The molecule has 1 heterocycles. The van der Waals surface area contributed by atoms with E-state index in [9.17, 15) is 10.2 Å². The summed E-state index contributed by atoms with van der Waals surface area (Å²) < 4.78 is 11.4. The summed E-state index contributed by atoms with van der Waals surface area (Å²) >= 11 is 0. The molecule has 1 aliphatic heterocycles. The van der Waals surface area contributed by atoms with Crippen LogP contribution < -0.4 is 0 Å². The van der Waals surface area contributed by atoms with Gasteiger partial charge in [0.2, 0.25) is 0 Å². The van der Waals surface area contributed by atoms with Gasteiger partial charge in [0, 0.05) is 12.2 Å². The van der Waals surface area contributed by atoms with Crippen LogP contribution in [0.2, 0.25) is 0 Å². The van der Waals surface area contributed by atoms with Gasteiger partial charge in [0.05, 0.1) is 19.8 Å². The Morgan fingerprint density at radius 1 is 0.909 bits per heavy atom. The van der Waals surface area contributed by atoms with Gasteiger partial charge in [-0.15, -0.1) is 0 Å². The molecule has 22 heavy (non-hydrogen) atoms. The van der Waals surface area contributed by atoms with E-state index in [4.69, 9.17) is 9.47 Å². The number of aliphatic hydroxyl groups excluding tert-OH is 2. The van der Waals surface area contributed by atoms with Crippen LogP contribution in [0.4, 0.5) is 0 Å². The van der Waals surface area contributed by atoms with Crippen LogP contribution in [0.3, 0.4) is 0 Å². The normalized spacial score (nSPS) is 15.4. The molecule has 0 atom stereocenters. The maximum absolute atomic E-state index is 9.74. The van der Waals surface area contributed by atoms with E-state index >= 15 is 0 Å². The Kier molecular flexibility index (Phi) is 4.85. The molecule has 0 spiro atoms. The number of rotatable bonds is 5. The molecule has 0 aliphatic carbocycles. The maximum atomic E-state index is 9.74. The van der Waals surface area contributed by atoms with Gasteiger partial charge in [-0.3, -0.25) is 0 Å². The Balaban J connectivity index is 2.20. The number of hydrogen-bond donors (Lipinski definition) is 2. The highest BCUT2D eigenvalue weighted by Crippen LogP contribution is 2.38. The van der Waals surface area contributed by atoms with Crippen LogP contribution in [0, 0.1) is 0 Å². The van der Waals surface area contributed by atoms with Crippen molar-refractivity contribution >= 4 is 0 Å². The average molecular weight is 300 g/mol. The van der Waals surface area contributed by atoms with Crippen molar-refractivity contribution in [1.29, 1.82) is 0 Å². The van der Waals surface area contributed by atoms with Gasteiger partial charge in [0.25, 0.3) is 0 Å². The summed E-state index contributed by atoms with van der Waals surface area (Å²) in [5, 5.41) is 19.1. The third-order valence-corrected chi connectivity index (χ3v) is 3.89. The van der Waals surface area contributed by atoms with E-state index in [1.165, 1.54) is 0 Å². The molecule has 4 heteroatoms. The van der Waals surface area contributed by atoms with Gasteiger partial charge in [-0.25, -0.2) is 0 Å². The number of aliphatic hydroxyl groups is 2. The number of benzene rings is 2. The zero-order valence-corrected chi connectivity index (χ0v) is 12.4. The summed E-state index contributed by atoms with van der Waals surface area (Å²) in [4.78, 5) is 0. The molecule has 4 nitrogen and oxygen atoms in total. The van der Waals surface area contributed by atoms with E-state index in [-0.39, 0.29) is 13.2 Å². The minimum Gasteiger partial charge on any atom is -0.396 e. The Hall–Kier alpha value is -1.72. The first kappa shape index (κ1) is 15.2. The van der Waals surface area contributed by atoms with Crippen LogP contribution in [-0.2, 0) is 22.5 Å². The highest BCUT2D eigenvalue weighted by Gasteiger charge is 2.26.